The summed E-state index contributed by atoms with van der Waals surface area (Å²) in [4.78, 5) is 10.3. The molecule has 0 spiro atoms. The van der Waals surface area contributed by atoms with Crippen LogP contribution in [0.4, 0.5) is 0 Å². The molecule has 5 rings (SSSR count). The summed E-state index contributed by atoms with van der Waals surface area (Å²) in [6.45, 7) is 3.64. The third-order valence-corrected chi connectivity index (χ3v) is 6.42. The van der Waals surface area contributed by atoms with Crippen LogP contribution in [0, 0.1) is 6.92 Å². The van der Waals surface area contributed by atoms with Gasteiger partial charge in [0.05, 0.1) is 12.1 Å². The largest absolute Gasteiger partial charge is 0.388 e. The van der Waals surface area contributed by atoms with Gasteiger partial charge in [-0.25, -0.2) is 4.98 Å². The fraction of sp³-hybridized carbons (Fsp3) is 0.476. The smallest absolute Gasteiger partial charge is 0.105 e. The summed E-state index contributed by atoms with van der Waals surface area (Å²) in [5.41, 5.74) is 1.96. The summed E-state index contributed by atoms with van der Waals surface area (Å²) in [5.74, 6) is 0.979. The van der Waals surface area contributed by atoms with Gasteiger partial charge in [0.25, 0.3) is 0 Å². The first-order chi connectivity index (χ1) is 12.6. The van der Waals surface area contributed by atoms with Crippen molar-refractivity contribution >= 4 is 10.9 Å². The Hall–Kier alpha value is -2.11. The quantitative estimate of drug-likeness (QED) is 0.759. The first kappa shape index (κ1) is 16.1. The minimum Gasteiger partial charge on any atom is -0.388 e. The second kappa shape index (κ2) is 5.96. The van der Waals surface area contributed by atoms with E-state index in [1.165, 1.54) is 29.3 Å². The van der Waals surface area contributed by atoms with Crippen molar-refractivity contribution in [3.8, 4) is 0 Å². The lowest BCUT2D eigenvalue weighted by atomic mass is 9.85. The van der Waals surface area contributed by atoms with Crippen molar-refractivity contribution < 1.29 is 5.11 Å². The van der Waals surface area contributed by atoms with Crippen LogP contribution in [0.1, 0.15) is 37.1 Å². The van der Waals surface area contributed by atoms with Crippen LogP contribution in [0.5, 0.6) is 0 Å². The third-order valence-electron chi connectivity index (χ3n) is 6.42. The molecule has 2 unspecified atom stereocenters. The van der Waals surface area contributed by atoms with Crippen molar-refractivity contribution in [2.45, 2.75) is 63.4 Å². The average molecular weight is 350 g/mol. The Bertz CT molecular complexity index is 913. The standard InChI is InChI=1S/C21H26N4O/c1-15-22-8-9-24(15)14-21(26)10-17-6-7-18(11-21)25(17)13-16-12-23-20-5-3-2-4-19(16)20/h2-5,8-9,12,17-18,23,26H,6-7,10-11,13-14H2,1H3. The van der Waals surface area contributed by atoms with Gasteiger partial charge in [-0.1, -0.05) is 18.2 Å². The van der Waals surface area contributed by atoms with E-state index in [0.29, 0.717) is 18.6 Å². The summed E-state index contributed by atoms with van der Waals surface area (Å²) in [5, 5.41) is 12.6. The Kier molecular flexibility index (Phi) is 3.69. The molecule has 5 heteroatoms. The highest BCUT2D eigenvalue weighted by Gasteiger charge is 2.47. The van der Waals surface area contributed by atoms with Crippen molar-refractivity contribution in [3.63, 3.8) is 0 Å². The number of piperidine rings is 1. The van der Waals surface area contributed by atoms with Gasteiger partial charge in [0.1, 0.15) is 5.82 Å². The van der Waals surface area contributed by atoms with Gasteiger partial charge in [0.2, 0.25) is 0 Å². The molecule has 2 saturated heterocycles. The van der Waals surface area contributed by atoms with Gasteiger partial charge < -0.3 is 14.7 Å². The van der Waals surface area contributed by atoms with Crippen molar-refractivity contribution in [2.75, 3.05) is 0 Å². The number of aromatic amines is 1. The molecule has 0 amide bonds. The number of nitrogens with one attached hydrogen (secondary N) is 1. The van der Waals surface area contributed by atoms with E-state index in [9.17, 15) is 5.11 Å². The van der Waals surface area contributed by atoms with E-state index in [2.05, 4.69) is 49.9 Å². The van der Waals surface area contributed by atoms with Crippen LogP contribution in [0.2, 0.25) is 0 Å². The highest BCUT2D eigenvalue weighted by Crippen LogP contribution is 2.42. The molecule has 3 aromatic rings. The van der Waals surface area contributed by atoms with Crippen molar-refractivity contribution in [2.24, 2.45) is 0 Å². The van der Waals surface area contributed by atoms with Crippen LogP contribution in [0.25, 0.3) is 10.9 Å². The number of hydrogen-bond donors (Lipinski definition) is 2. The summed E-state index contributed by atoms with van der Waals surface area (Å²) >= 11 is 0. The number of hydrogen-bond acceptors (Lipinski definition) is 3. The molecule has 5 nitrogen and oxygen atoms in total. The van der Waals surface area contributed by atoms with E-state index in [1.54, 1.807) is 0 Å². The maximum Gasteiger partial charge on any atom is 0.105 e. The van der Waals surface area contributed by atoms with E-state index in [0.717, 1.165) is 25.2 Å². The number of aliphatic hydroxyl groups is 1. The Balaban J connectivity index is 1.35. The maximum absolute atomic E-state index is 11.3. The number of rotatable bonds is 4. The van der Waals surface area contributed by atoms with Crippen LogP contribution in [0.3, 0.4) is 0 Å². The molecule has 1 aromatic carbocycles. The number of H-pyrrole nitrogens is 1. The normalized spacial score (nSPS) is 28.8. The molecule has 26 heavy (non-hydrogen) atoms. The van der Waals surface area contributed by atoms with Gasteiger partial charge in [-0.3, -0.25) is 4.90 Å². The molecule has 2 N–H and O–H groups in total. The number of aromatic nitrogens is 3. The lowest BCUT2D eigenvalue weighted by Gasteiger charge is -2.44. The Morgan fingerprint density at radius 3 is 2.73 bits per heavy atom. The molecule has 2 aromatic heterocycles. The molecule has 2 aliphatic heterocycles. The zero-order valence-electron chi connectivity index (χ0n) is 15.2. The van der Waals surface area contributed by atoms with Crippen molar-refractivity contribution in [3.05, 3.63) is 54.2 Å². The van der Waals surface area contributed by atoms with Crippen LogP contribution < -0.4 is 0 Å². The molecule has 4 heterocycles. The first-order valence-electron chi connectivity index (χ1n) is 9.62. The number of para-hydroxylation sites is 1. The van der Waals surface area contributed by atoms with Crippen molar-refractivity contribution in [1.82, 2.24) is 19.4 Å². The second-order valence-electron chi connectivity index (χ2n) is 8.15. The second-order valence-corrected chi connectivity index (χ2v) is 8.15. The number of benzene rings is 1. The molecule has 0 saturated carbocycles. The summed E-state index contributed by atoms with van der Waals surface area (Å²) < 4.78 is 2.09. The van der Waals surface area contributed by atoms with Gasteiger partial charge in [0.15, 0.2) is 0 Å². The SMILES string of the molecule is Cc1nccn1CC1(O)CC2CCC(C1)N2Cc1c[nH]c2ccccc12. The van der Waals surface area contributed by atoms with Gasteiger partial charge in [-0.2, -0.15) is 0 Å². The van der Waals surface area contributed by atoms with Gasteiger partial charge in [0, 0.05) is 48.1 Å². The van der Waals surface area contributed by atoms with E-state index in [4.69, 9.17) is 0 Å². The lowest BCUT2D eigenvalue weighted by Crippen LogP contribution is -2.52. The minimum absolute atomic E-state index is 0.469. The summed E-state index contributed by atoms with van der Waals surface area (Å²) in [6, 6.07) is 9.45. The van der Waals surface area contributed by atoms with Crippen LogP contribution >= 0.6 is 0 Å². The molecule has 136 valence electrons. The van der Waals surface area contributed by atoms with E-state index < -0.39 is 5.60 Å². The molecule has 0 radical (unpaired) electrons. The lowest BCUT2D eigenvalue weighted by molar-refractivity contribution is -0.0653. The third kappa shape index (κ3) is 2.66. The monoisotopic (exact) mass is 350 g/mol. The average Bonchev–Trinajstić information content (AvgIpc) is 3.28. The molecular weight excluding hydrogens is 324 g/mol. The van der Waals surface area contributed by atoms with Crippen LogP contribution in [0.15, 0.2) is 42.9 Å². The highest BCUT2D eigenvalue weighted by atomic mass is 16.3. The molecule has 2 bridgehead atoms. The zero-order chi connectivity index (χ0) is 17.7. The topological polar surface area (TPSA) is 57.1 Å². The van der Waals surface area contributed by atoms with E-state index >= 15 is 0 Å². The maximum atomic E-state index is 11.3. The number of nitrogens with zero attached hydrogens (tertiary/aromatic N) is 3. The zero-order valence-corrected chi connectivity index (χ0v) is 15.2. The van der Waals surface area contributed by atoms with E-state index in [1.807, 2.05) is 19.3 Å². The van der Waals surface area contributed by atoms with Gasteiger partial charge >= 0.3 is 0 Å². The number of fused-ring (bicyclic) bond motifs is 3. The molecule has 0 aliphatic carbocycles. The fourth-order valence-electron chi connectivity index (χ4n) is 5.15. The predicted octanol–water partition coefficient (Wildman–Crippen LogP) is 3.23. The molecule has 2 atom stereocenters. The number of aryl methyl sites for hydroxylation is 1. The Morgan fingerprint density at radius 1 is 1.23 bits per heavy atom. The fourth-order valence-corrected chi connectivity index (χ4v) is 5.15. The van der Waals surface area contributed by atoms with Crippen molar-refractivity contribution in [1.29, 1.82) is 0 Å². The van der Waals surface area contributed by atoms with Gasteiger partial charge in [-0.15, -0.1) is 0 Å². The molecular formula is C21H26N4O. The summed E-state index contributed by atoms with van der Waals surface area (Å²) in [7, 11) is 0. The predicted molar refractivity (Wildman–Crippen MR) is 102 cm³/mol. The number of imidazole rings is 1. The van der Waals surface area contributed by atoms with E-state index in [-0.39, 0.29) is 0 Å². The Morgan fingerprint density at radius 2 is 2.00 bits per heavy atom. The minimum atomic E-state index is -0.617. The van der Waals surface area contributed by atoms with Crippen LogP contribution in [-0.2, 0) is 13.1 Å². The van der Waals surface area contributed by atoms with Crippen LogP contribution in [-0.4, -0.2) is 42.2 Å². The Labute approximate surface area is 153 Å². The highest BCUT2D eigenvalue weighted by molar-refractivity contribution is 5.82. The molecule has 2 fully saturated rings. The first-order valence-corrected chi connectivity index (χ1v) is 9.62. The van der Waals surface area contributed by atoms with Gasteiger partial charge in [-0.05, 0) is 44.2 Å². The molecule has 2 aliphatic rings. The summed E-state index contributed by atoms with van der Waals surface area (Å²) in [6.07, 6.45) is 10.0.